The minimum atomic E-state index is -0.0990. The van der Waals surface area contributed by atoms with Crippen molar-refractivity contribution in [2.45, 2.75) is 13.0 Å². The first-order chi connectivity index (χ1) is 5.72. The SMILES string of the molecule is COc1ncc(C#CC(C)N)s1. The summed E-state index contributed by atoms with van der Waals surface area (Å²) in [4.78, 5) is 4.84. The van der Waals surface area contributed by atoms with Crippen molar-refractivity contribution in [3.8, 4) is 17.0 Å². The molecule has 12 heavy (non-hydrogen) atoms. The van der Waals surface area contributed by atoms with Gasteiger partial charge in [0.2, 0.25) is 0 Å². The van der Waals surface area contributed by atoms with Crippen molar-refractivity contribution < 1.29 is 4.74 Å². The Kier molecular flexibility index (Phi) is 3.09. The van der Waals surface area contributed by atoms with Crippen LogP contribution in [0.5, 0.6) is 5.19 Å². The van der Waals surface area contributed by atoms with Crippen LogP contribution in [0.25, 0.3) is 0 Å². The van der Waals surface area contributed by atoms with Crippen LogP contribution < -0.4 is 10.5 Å². The molecule has 3 nitrogen and oxygen atoms in total. The van der Waals surface area contributed by atoms with E-state index in [1.807, 2.05) is 6.92 Å². The van der Waals surface area contributed by atoms with Gasteiger partial charge < -0.3 is 10.5 Å². The van der Waals surface area contributed by atoms with Gasteiger partial charge in [-0.05, 0) is 6.92 Å². The Morgan fingerprint density at radius 3 is 3.00 bits per heavy atom. The molecule has 1 heterocycles. The van der Waals surface area contributed by atoms with Crippen molar-refractivity contribution in [1.29, 1.82) is 0 Å². The Hall–Kier alpha value is -1.05. The first-order valence-corrected chi connectivity index (χ1v) is 4.31. The minimum Gasteiger partial charge on any atom is -0.473 e. The van der Waals surface area contributed by atoms with Gasteiger partial charge in [-0.25, -0.2) is 4.98 Å². The average molecular weight is 182 g/mol. The number of thiazole rings is 1. The molecule has 0 saturated carbocycles. The molecule has 64 valence electrons. The maximum atomic E-state index is 5.46. The molecule has 0 aliphatic rings. The third-order valence-electron chi connectivity index (χ3n) is 1.08. The molecule has 0 aliphatic heterocycles. The molecular weight excluding hydrogens is 172 g/mol. The summed E-state index contributed by atoms with van der Waals surface area (Å²) in [5, 5.41) is 0.629. The van der Waals surface area contributed by atoms with Gasteiger partial charge in [0.1, 0.15) is 4.88 Å². The molecule has 2 N–H and O–H groups in total. The van der Waals surface area contributed by atoms with Gasteiger partial charge in [-0.15, -0.1) is 0 Å². The molecule has 1 unspecified atom stereocenters. The van der Waals surface area contributed by atoms with Crippen molar-refractivity contribution >= 4 is 11.3 Å². The lowest BCUT2D eigenvalue weighted by atomic mass is 10.3. The lowest BCUT2D eigenvalue weighted by Gasteiger charge is -1.87. The van der Waals surface area contributed by atoms with Crippen LogP contribution in [-0.2, 0) is 0 Å². The van der Waals surface area contributed by atoms with Crippen LogP contribution in [0.3, 0.4) is 0 Å². The maximum absolute atomic E-state index is 5.46. The summed E-state index contributed by atoms with van der Waals surface area (Å²) in [7, 11) is 1.58. The highest BCUT2D eigenvalue weighted by molar-refractivity contribution is 7.13. The van der Waals surface area contributed by atoms with Crippen LogP contribution in [0, 0.1) is 11.8 Å². The van der Waals surface area contributed by atoms with E-state index in [1.54, 1.807) is 13.3 Å². The summed E-state index contributed by atoms with van der Waals surface area (Å²) in [6, 6.07) is -0.0990. The van der Waals surface area contributed by atoms with Crippen LogP contribution in [-0.4, -0.2) is 18.1 Å². The number of methoxy groups -OCH3 is 1. The normalized spacial score (nSPS) is 11.6. The molecule has 1 atom stereocenters. The number of rotatable bonds is 1. The van der Waals surface area contributed by atoms with Gasteiger partial charge in [0.15, 0.2) is 0 Å². The Morgan fingerprint density at radius 1 is 1.75 bits per heavy atom. The zero-order valence-electron chi connectivity index (χ0n) is 7.00. The highest BCUT2D eigenvalue weighted by Gasteiger charge is 1.96. The van der Waals surface area contributed by atoms with Gasteiger partial charge in [-0.1, -0.05) is 23.2 Å². The Morgan fingerprint density at radius 2 is 2.50 bits per heavy atom. The second-order valence-electron chi connectivity index (χ2n) is 2.25. The van der Waals surface area contributed by atoms with E-state index in [2.05, 4.69) is 16.8 Å². The predicted octanol–water partition coefficient (Wildman–Crippen LogP) is 0.850. The van der Waals surface area contributed by atoms with Gasteiger partial charge in [-0.3, -0.25) is 0 Å². The monoisotopic (exact) mass is 182 g/mol. The summed E-state index contributed by atoms with van der Waals surface area (Å²) in [6.07, 6.45) is 1.68. The number of nitrogens with two attached hydrogens (primary N) is 1. The summed E-state index contributed by atoms with van der Waals surface area (Å²) >= 11 is 1.41. The molecule has 0 saturated heterocycles. The molecule has 0 aliphatic carbocycles. The van der Waals surface area contributed by atoms with Gasteiger partial charge in [0.05, 0.1) is 19.3 Å². The third-order valence-corrected chi connectivity index (χ3v) is 1.96. The van der Waals surface area contributed by atoms with E-state index in [4.69, 9.17) is 10.5 Å². The fraction of sp³-hybridized carbons (Fsp3) is 0.375. The fourth-order valence-corrected chi connectivity index (χ4v) is 1.19. The molecule has 0 bridgehead atoms. The highest BCUT2D eigenvalue weighted by atomic mass is 32.1. The van der Waals surface area contributed by atoms with Crippen molar-refractivity contribution in [3.05, 3.63) is 11.1 Å². The summed E-state index contributed by atoms with van der Waals surface area (Å²) in [5.74, 6) is 5.74. The molecule has 0 fully saturated rings. The highest BCUT2D eigenvalue weighted by Crippen LogP contribution is 2.18. The Labute approximate surface area is 75.6 Å². The summed E-state index contributed by atoms with van der Waals surface area (Å²) in [6.45, 7) is 1.84. The number of ether oxygens (including phenoxy) is 1. The molecule has 1 aromatic rings. The lowest BCUT2D eigenvalue weighted by molar-refractivity contribution is 0.412. The van der Waals surface area contributed by atoms with Crippen molar-refractivity contribution in [3.63, 3.8) is 0 Å². The number of aromatic nitrogens is 1. The quantitative estimate of drug-likeness (QED) is 0.655. The molecule has 1 aromatic heterocycles. The van der Waals surface area contributed by atoms with E-state index >= 15 is 0 Å². The van der Waals surface area contributed by atoms with Gasteiger partial charge in [0, 0.05) is 0 Å². The zero-order chi connectivity index (χ0) is 8.97. The molecule has 1 rings (SSSR count). The Balaban J connectivity index is 2.72. The maximum Gasteiger partial charge on any atom is 0.274 e. The van der Waals surface area contributed by atoms with Gasteiger partial charge in [-0.2, -0.15) is 0 Å². The summed E-state index contributed by atoms with van der Waals surface area (Å²) in [5.41, 5.74) is 5.46. The van der Waals surface area contributed by atoms with Gasteiger partial charge in [0.25, 0.3) is 5.19 Å². The average Bonchev–Trinajstić information content (AvgIpc) is 2.48. The molecule has 0 radical (unpaired) electrons. The largest absolute Gasteiger partial charge is 0.473 e. The third kappa shape index (κ3) is 2.53. The minimum absolute atomic E-state index is 0.0990. The zero-order valence-corrected chi connectivity index (χ0v) is 7.81. The number of hydrogen-bond acceptors (Lipinski definition) is 4. The molecule has 0 spiro atoms. The van der Waals surface area contributed by atoms with Crippen molar-refractivity contribution in [2.75, 3.05) is 7.11 Å². The topological polar surface area (TPSA) is 48.1 Å². The van der Waals surface area contributed by atoms with Crippen LogP contribution >= 0.6 is 11.3 Å². The van der Waals surface area contributed by atoms with E-state index in [1.165, 1.54) is 11.3 Å². The van der Waals surface area contributed by atoms with Gasteiger partial charge >= 0.3 is 0 Å². The number of nitrogens with zero attached hydrogens (tertiary/aromatic N) is 1. The van der Waals surface area contributed by atoms with E-state index in [-0.39, 0.29) is 6.04 Å². The second kappa shape index (κ2) is 4.10. The molecule has 4 heteroatoms. The molecular formula is C8H10N2OS. The van der Waals surface area contributed by atoms with Crippen LogP contribution in [0.15, 0.2) is 6.20 Å². The standard InChI is InChI=1S/C8H10N2OS/c1-6(9)3-4-7-5-10-8(11-2)12-7/h5-6H,9H2,1-2H3. The van der Waals surface area contributed by atoms with Crippen LogP contribution in [0.2, 0.25) is 0 Å². The number of hydrogen-bond donors (Lipinski definition) is 1. The molecule has 0 aromatic carbocycles. The first kappa shape index (κ1) is 9.04. The first-order valence-electron chi connectivity index (χ1n) is 3.49. The smallest absolute Gasteiger partial charge is 0.274 e. The lowest BCUT2D eigenvalue weighted by Crippen LogP contribution is -2.10. The van der Waals surface area contributed by atoms with Crippen LogP contribution in [0.4, 0.5) is 0 Å². The summed E-state index contributed by atoms with van der Waals surface area (Å²) < 4.78 is 4.91. The predicted molar refractivity (Wildman–Crippen MR) is 49.2 cm³/mol. The second-order valence-corrected chi connectivity index (χ2v) is 3.25. The van der Waals surface area contributed by atoms with Crippen molar-refractivity contribution in [1.82, 2.24) is 4.98 Å². The van der Waals surface area contributed by atoms with E-state index in [0.29, 0.717) is 5.19 Å². The van der Waals surface area contributed by atoms with Crippen molar-refractivity contribution in [2.24, 2.45) is 5.73 Å². The fourth-order valence-electron chi connectivity index (χ4n) is 0.595. The van der Waals surface area contributed by atoms with E-state index in [0.717, 1.165) is 4.88 Å². The van der Waals surface area contributed by atoms with Crippen LogP contribution in [0.1, 0.15) is 11.8 Å². The van der Waals surface area contributed by atoms with E-state index in [9.17, 15) is 0 Å². The van der Waals surface area contributed by atoms with E-state index < -0.39 is 0 Å². The molecule has 0 amide bonds. The Bertz CT molecular complexity index is 308.